The predicted molar refractivity (Wildman–Crippen MR) is 521 cm³/mol. The molecule has 27 aromatic carbocycles. The normalized spacial score (nSPS) is 12.4. The summed E-state index contributed by atoms with van der Waals surface area (Å²) in [7, 11) is 0. The van der Waals surface area contributed by atoms with Gasteiger partial charge >= 0.3 is 0 Å². The maximum absolute atomic E-state index is 2.55. The Labute approximate surface area is 692 Å². The van der Waals surface area contributed by atoms with Crippen molar-refractivity contribution in [2.45, 2.75) is 14.9 Å². The molecule has 0 heteroatoms. The fourth-order valence-electron chi connectivity index (χ4n) is 23.2. The predicted octanol–water partition coefficient (Wildman–Crippen LogP) is 34.7. The molecule has 0 fully saturated rings. The third-order valence-corrected chi connectivity index (χ3v) is 27.7. The van der Waals surface area contributed by atoms with Gasteiger partial charge in [-0.05, 0) is 307 Å². The highest BCUT2D eigenvalue weighted by atomic mass is 14.4. The van der Waals surface area contributed by atoms with E-state index in [1.807, 2.05) is 0 Å². The van der Waals surface area contributed by atoms with Gasteiger partial charge in [-0.3, -0.25) is 0 Å². The second-order valence-corrected chi connectivity index (χ2v) is 33.1. The van der Waals surface area contributed by atoms with Crippen molar-refractivity contribution < 1.29 is 0 Å². The van der Waals surface area contributed by atoms with Crippen molar-refractivity contribution >= 4 is 183 Å². The zero-order valence-corrected chi connectivity index (χ0v) is 64.0. The summed E-state index contributed by atoms with van der Waals surface area (Å²) in [5.74, 6) is 0. The summed E-state index contributed by atoms with van der Waals surface area (Å²) in [5.41, 5.74) is 26.0. The average molecular weight is 1510 g/mol. The smallest absolute Gasteiger partial charge is 0.000697 e. The van der Waals surface area contributed by atoms with Gasteiger partial charge in [0.05, 0.1) is 0 Å². The first-order valence-electron chi connectivity index (χ1n) is 41.5. The molecule has 0 saturated heterocycles. The highest BCUT2D eigenvalue weighted by Crippen LogP contribution is 2.64. The van der Waals surface area contributed by atoms with Crippen LogP contribution < -0.4 is 0 Å². The molecule has 29 rings (SSSR count). The first-order chi connectivity index (χ1) is 58.6. The van der Waals surface area contributed by atoms with Gasteiger partial charge in [0, 0.05) is 0 Å². The fourth-order valence-corrected chi connectivity index (χ4v) is 23.2. The minimum atomic E-state index is 0. The summed E-state index contributed by atoms with van der Waals surface area (Å²) >= 11 is 0. The van der Waals surface area contributed by atoms with Crippen LogP contribution in [0.15, 0.2) is 388 Å². The summed E-state index contributed by atoms with van der Waals surface area (Å²) in [4.78, 5) is 0. The van der Waals surface area contributed by atoms with Gasteiger partial charge in [-0.15, -0.1) is 0 Å². The topological polar surface area (TPSA) is 0 Å². The van der Waals surface area contributed by atoms with Crippen LogP contribution in [0.3, 0.4) is 0 Å². The zero-order chi connectivity index (χ0) is 76.4. The summed E-state index contributed by atoms with van der Waals surface area (Å²) in [6, 6.07) is 146. The quantitative estimate of drug-likeness (QED) is 0.115. The number of fused-ring (bicyclic) bond motifs is 21. The Hall–Kier alpha value is -15.3. The van der Waals surface area contributed by atoms with Gasteiger partial charge < -0.3 is 0 Å². The maximum atomic E-state index is 2.55. The monoisotopic (exact) mass is 1510 g/mol. The van der Waals surface area contributed by atoms with Crippen LogP contribution in [0, 0.1) is 0 Å². The fraction of sp³-hybridized carbons (Fsp3) is 0.0167. The summed E-state index contributed by atoms with van der Waals surface area (Å²) in [6.45, 7) is 0. The second-order valence-electron chi connectivity index (χ2n) is 33.1. The molecular weight excluding hydrogens is 1440 g/mol. The largest absolute Gasteiger partial charge is 0.0776 e. The van der Waals surface area contributed by atoms with E-state index in [2.05, 4.69) is 388 Å². The van der Waals surface area contributed by atoms with Crippen LogP contribution in [0.25, 0.3) is 294 Å². The van der Waals surface area contributed by atoms with E-state index >= 15 is 0 Å². The molecular formula is C120H72. The van der Waals surface area contributed by atoms with Gasteiger partial charge in [0.15, 0.2) is 0 Å². The van der Waals surface area contributed by atoms with Gasteiger partial charge in [0.25, 0.3) is 0 Å². The van der Waals surface area contributed by atoms with Gasteiger partial charge in [-0.2, -0.15) is 0 Å². The molecule has 27 aromatic rings. The van der Waals surface area contributed by atoms with Crippen molar-refractivity contribution in [1.29, 1.82) is 0 Å². The molecule has 0 aromatic heterocycles. The van der Waals surface area contributed by atoms with E-state index in [9.17, 15) is 0 Å². The highest BCUT2D eigenvalue weighted by molar-refractivity contribution is 6.53. The first-order valence-corrected chi connectivity index (χ1v) is 41.5. The van der Waals surface area contributed by atoms with E-state index in [1.54, 1.807) is 0 Å². The van der Waals surface area contributed by atoms with Gasteiger partial charge in [0.1, 0.15) is 0 Å². The lowest BCUT2D eigenvalue weighted by molar-refractivity contribution is 1.59. The van der Waals surface area contributed by atoms with E-state index in [0.717, 1.165) is 0 Å². The SMILES string of the molecule is C.C.c1ccc(-c2ccccc2-c2c3c(c(-c4ccccc4)c4ccccc24)-c2ccc4c5ccc6c7c(ccc(c8ccc-3c2c84)c75)-c2ccc3ccccc3c2-6)cc1.c1ccc(-c2ccccc2-c2c3ccccc3c(-c3ccccc3)c3c4ccc5c6ccc7c8c9ccccc9ccc8c8cc9ccc%10cc(c23)c4c5c%10c9c6c87)cc1. The lowest BCUT2D eigenvalue weighted by Crippen LogP contribution is -1.95. The van der Waals surface area contributed by atoms with Crippen molar-refractivity contribution in [2.75, 3.05) is 0 Å². The molecule has 0 radical (unpaired) electrons. The zero-order valence-electron chi connectivity index (χ0n) is 64.0. The Morgan fingerprint density at radius 2 is 0.417 bits per heavy atom. The Kier molecular flexibility index (Phi) is 13.7. The Morgan fingerprint density at radius 3 is 0.983 bits per heavy atom. The number of rotatable bonds is 6. The maximum Gasteiger partial charge on any atom is -0.000697 e. The van der Waals surface area contributed by atoms with Crippen LogP contribution in [-0.2, 0) is 0 Å². The average Bonchev–Trinajstić information content (AvgIpc) is 1.50. The van der Waals surface area contributed by atoms with Crippen LogP contribution in [-0.4, -0.2) is 0 Å². The van der Waals surface area contributed by atoms with E-state index in [4.69, 9.17) is 0 Å². The number of hydrogen-bond donors (Lipinski definition) is 0. The molecule has 0 aliphatic heterocycles. The van der Waals surface area contributed by atoms with E-state index in [1.165, 1.54) is 294 Å². The number of benzene rings is 25. The van der Waals surface area contributed by atoms with Gasteiger partial charge in [-0.1, -0.05) is 391 Å². The lowest BCUT2D eigenvalue weighted by atomic mass is 9.81. The Balaban J connectivity index is 0.000000128. The molecule has 0 N–H and O–H groups in total. The van der Waals surface area contributed by atoms with Gasteiger partial charge in [0.2, 0.25) is 0 Å². The molecule has 0 nitrogen and oxygen atoms in total. The minimum absolute atomic E-state index is 0. The van der Waals surface area contributed by atoms with Crippen molar-refractivity contribution in [2.24, 2.45) is 0 Å². The molecule has 0 amide bonds. The Bertz CT molecular complexity index is 9040. The molecule has 0 bridgehead atoms. The standard InChI is InChI=1S/C60H32.C58H32.2CH4/c1-3-13-33(14-4-1)38-18-9-10-20-40(38)54-42-22-12-11-21-41(42)50(35-16-5-2-6-17-35)59-47-30-28-44-43-27-29-46-53-39-19-8-7-15-34(39)25-26-45(53)48-31-36-23-24-37-32-49(60(54)59)56(47)58(44)52(37)51(36)57(43)55(46)48;1-3-13-33(14-4-1)36-18-9-10-20-38(36)54-40-22-12-11-21-39(40)50(35-16-5-2-6-17-35)57-48-31-28-46-44-27-30-47-51-37-19-8-7-15-34(37)23-24-41(51)42-25-26-43(52(44)55(42)47)45-29-32-49(58(54)57)56(48)53(45)46;;/h1-32H;1-32H;2*1H4. The van der Waals surface area contributed by atoms with Crippen LogP contribution in [0.1, 0.15) is 14.9 Å². The van der Waals surface area contributed by atoms with Crippen molar-refractivity contribution in [1.82, 2.24) is 0 Å². The van der Waals surface area contributed by atoms with Crippen molar-refractivity contribution in [3.63, 3.8) is 0 Å². The molecule has 0 spiro atoms. The molecule has 0 atom stereocenters. The molecule has 552 valence electrons. The van der Waals surface area contributed by atoms with Crippen molar-refractivity contribution in [3.05, 3.63) is 388 Å². The third kappa shape index (κ3) is 8.58. The molecule has 0 saturated carbocycles. The molecule has 0 unspecified atom stereocenters. The van der Waals surface area contributed by atoms with Crippen LogP contribution in [0.2, 0.25) is 0 Å². The summed E-state index contributed by atoms with van der Waals surface area (Å²) in [6.07, 6.45) is 0. The Morgan fingerprint density at radius 1 is 0.100 bits per heavy atom. The van der Waals surface area contributed by atoms with E-state index in [0.29, 0.717) is 0 Å². The second kappa shape index (κ2) is 24.6. The first kappa shape index (κ1) is 66.9. The molecule has 2 aliphatic rings. The molecule has 2 aliphatic carbocycles. The van der Waals surface area contributed by atoms with Crippen molar-refractivity contribution in [3.8, 4) is 111 Å². The summed E-state index contributed by atoms with van der Waals surface area (Å²) < 4.78 is 0. The summed E-state index contributed by atoms with van der Waals surface area (Å²) in [5, 5.41) is 45.7. The number of hydrogen-bond acceptors (Lipinski definition) is 0. The van der Waals surface area contributed by atoms with Crippen LogP contribution >= 0.6 is 0 Å². The third-order valence-electron chi connectivity index (χ3n) is 27.7. The highest BCUT2D eigenvalue weighted by Gasteiger charge is 2.36. The molecule has 0 heterocycles. The van der Waals surface area contributed by atoms with E-state index in [-0.39, 0.29) is 14.9 Å². The van der Waals surface area contributed by atoms with Crippen LogP contribution in [0.4, 0.5) is 0 Å². The van der Waals surface area contributed by atoms with Crippen LogP contribution in [0.5, 0.6) is 0 Å². The minimum Gasteiger partial charge on any atom is -0.0776 e. The molecule has 120 heavy (non-hydrogen) atoms. The van der Waals surface area contributed by atoms with Gasteiger partial charge in [-0.25, -0.2) is 0 Å². The van der Waals surface area contributed by atoms with E-state index < -0.39 is 0 Å². The lowest BCUT2D eigenvalue weighted by Gasteiger charge is -2.22.